The zero-order valence-electron chi connectivity index (χ0n) is 10.5. The molecular formula is C15H11BrO3. The van der Waals surface area contributed by atoms with Crippen LogP contribution >= 0.6 is 15.9 Å². The number of hydrogen-bond acceptors (Lipinski definition) is 3. The Balaban J connectivity index is 2.15. The first-order chi connectivity index (χ1) is 9.06. The molecule has 3 nitrogen and oxygen atoms in total. The molecule has 0 amide bonds. The minimum atomic E-state index is -0.224. The van der Waals surface area contributed by atoms with Crippen molar-refractivity contribution in [3.8, 4) is 0 Å². The number of fused-ring (bicyclic) bond motifs is 1. The van der Waals surface area contributed by atoms with Crippen LogP contribution in [0.4, 0.5) is 0 Å². The number of furan rings is 2. The van der Waals surface area contributed by atoms with Gasteiger partial charge in [-0.05, 0) is 44.2 Å². The van der Waals surface area contributed by atoms with E-state index in [1.165, 1.54) is 0 Å². The van der Waals surface area contributed by atoms with Crippen LogP contribution in [-0.4, -0.2) is 5.78 Å². The van der Waals surface area contributed by atoms with Gasteiger partial charge < -0.3 is 8.83 Å². The third-order valence-electron chi connectivity index (χ3n) is 3.07. The van der Waals surface area contributed by atoms with Crippen LogP contribution in [0, 0.1) is 13.8 Å². The van der Waals surface area contributed by atoms with Gasteiger partial charge in [-0.25, -0.2) is 0 Å². The lowest BCUT2D eigenvalue weighted by Gasteiger charge is -1.94. The van der Waals surface area contributed by atoms with E-state index >= 15 is 0 Å². The second-order valence-corrected chi connectivity index (χ2v) is 5.35. The summed E-state index contributed by atoms with van der Waals surface area (Å²) in [6.45, 7) is 3.68. The lowest BCUT2D eigenvalue weighted by Crippen LogP contribution is -1.99. The summed E-state index contributed by atoms with van der Waals surface area (Å²) in [5.41, 5.74) is 1.53. The molecule has 0 aliphatic rings. The quantitative estimate of drug-likeness (QED) is 0.647. The predicted octanol–water partition coefficient (Wildman–Crippen LogP) is 4.64. The van der Waals surface area contributed by atoms with E-state index in [9.17, 15) is 4.79 Å². The van der Waals surface area contributed by atoms with Crippen molar-refractivity contribution in [1.29, 1.82) is 0 Å². The van der Waals surface area contributed by atoms with E-state index in [0.29, 0.717) is 22.9 Å². The highest BCUT2D eigenvalue weighted by Gasteiger charge is 2.21. The summed E-state index contributed by atoms with van der Waals surface area (Å²) >= 11 is 3.42. The van der Waals surface area contributed by atoms with Gasteiger partial charge in [-0.1, -0.05) is 15.9 Å². The van der Waals surface area contributed by atoms with E-state index in [2.05, 4.69) is 15.9 Å². The summed E-state index contributed by atoms with van der Waals surface area (Å²) in [5, 5.41) is 0.931. The molecule has 0 aliphatic heterocycles. The molecule has 4 heteroatoms. The largest absolute Gasteiger partial charge is 0.458 e. The number of ketones is 1. The van der Waals surface area contributed by atoms with Crippen LogP contribution < -0.4 is 0 Å². The Morgan fingerprint density at radius 2 is 1.89 bits per heavy atom. The van der Waals surface area contributed by atoms with Crippen LogP contribution in [0.15, 0.2) is 43.6 Å². The first-order valence-electron chi connectivity index (χ1n) is 5.86. The monoisotopic (exact) mass is 318 g/mol. The summed E-state index contributed by atoms with van der Waals surface area (Å²) in [7, 11) is 0. The van der Waals surface area contributed by atoms with Crippen LogP contribution in [0.2, 0.25) is 0 Å². The lowest BCUT2D eigenvalue weighted by molar-refractivity contribution is 0.0983. The van der Waals surface area contributed by atoms with Crippen LogP contribution in [0.5, 0.6) is 0 Å². The smallest absolute Gasteiger partial charge is 0.263 e. The number of carbonyl (C=O) groups is 1. The number of halogens is 1. The Morgan fingerprint density at radius 3 is 2.58 bits per heavy atom. The van der Waals surface area contributed by atoms with E-state index < -0.39 is 0 Å². The van der Waals surface area contributed by atoms with Gasteiger partial charge in [0.1, 0.15) is 11.3 Å². The van der Waals surface area contributed by atoms with Crippen LogP contribution in [0.25, 0.3) is 11.0 Å². The topological polar surface area (TPSA) is 43.4 Å². The number of rotatable bonds is 2. The highest BCUT2D eigenvalue weighted by Crippen LogP contribution is 2.29. The van der Waals surface area contributed by atoms with Crippen LogP contribution in [0.3, 0.4) is 0 Å². The Labute approximate surface area is 118 Å². The van der Waals surface area contributed by atoms with Gasteiger partial charge in [0.2, 0.25) is 0 Å². The average molecular weight is 319 g/mol. The molecule has 0 radical (unpaired) electrons. The van der Waals surface area contributed by atoms with Crippen molar-refractivity contribution in [1.82, 2.24) is 0 Å². The van der Waals surface area contributed by atoms with Crippen molar-refractivity contribution in [3.63, 3.8) is 0 Å². The third kappa shape index (κ3) is 2.02. The number of carbonyl (C=O) groups excluding carboxylic acids is 1. The molecule has 0 aliphatic carbocycles. The molecule has 19 heavy (non-hydrogen) atoms. The molecule has 96 valence electrons. The van der Waals surface area contributed by atoms with Gasteiger partial charge in [-0.15, -0.1) is 0 Å². The molecule has 2 heterocycles. The number of hydrogen-bond donors (Lipinski definition) is 0. The minimum absolute atomic E-state index is 0.224. The number of benzene rings is 1. The molecule has 0 unspecified atom stereocenters. The maximum atomic E-state index is 12.3. The molecule has 0 spiro atoms. The fourth-order valence-corrected chi connectivity index (χ4v) is 2.44. The fourth-order valence-electron chi connectivity index (χ4n) is 2.08. The van der Waals surface area contributed by atoms with E-state index in [1.807, 2.05) is 25.1 Å². The summed E-state index contributed by atoms with van der Waals surface area (Å²) in [6.07, 6.45) is 0. The maximum Gasteiger partial charge on any atom is 0.263 e. The van der Waals surface area contributed by atoms with Crippen molar-refractivity contribution >= 4 is 32.7 Å². The van der Waals surface area contributed by atoms with Crippen molar-refractivity contribution in [2.75, 3.05) is 0 Å². The van der Waals surface area contributed by atoms with Gasteiger partial charge >= 0.3 is 0 Å². The molecule has 0 saturated heterocycles. The lowest BCUT2D eigenvalue weighted by atomic mass is 10.1. The number of aryl methyl sites for hydroxylation is 2. The average Bonchev–Trinajstić information content (AvgIpc) is 2.94. The Morgan fingerprint density at radius 1 is 1.11 bits per heavy atom. The summed E-state index contributed by atoms with van der Waals surface area (Å²) in [4.78, 5) is 12.3. The predicted molar refractivity (Wildman–Crippen MR) is 75.5 cm³/mol. The molecule has 0 fully saturated rings. The zero-order chi connectivity index (χ0) is 13.6. The van der Waals surface area contributed by atoms with Crippen LogP contribution in [0.1, 0.15) is 27.6 Å². The Hall–Kier alpha value is -1.81. The molecule has 0 N–H and O–H groups in total. The second kappa shape index (κ2) is 4.38. The normalized spacial score (nSPS) is 11.1. The van der Waals surface area contributed by atoms with Crippen molar-refractivity contribution in [3.05, 3.63) is 57.6 Å². The molecule has 0 atom stereocenters. The molecule has 2 aromatic heterocycles. The second-order valence-electron chi connectivity index (χ2n) is 4.44. The molecule has 0 saturated carbocycles. The van der Waals surface area contributed by atoms with Crippen LogP contribution in [-0.2, 0) is 0 Å². The third-order valence-corrected chi connectivity index (χ3v) is 3.56. The van der Waals surface area contributed by atoms with E-state index in [0.717, 1.165) is 15.4 Å². The first kappa shape index (κ1) is 12.2. The minimum Gasteiger partial charge on any atom is -0.458 e. The zero-order valence-corrected chi connectivity index (χ0v) is 12.1. The summed E-state index contributed by atoms with van der Waals surface area (Å²) in [5.74, 6) is 1.12. The first-order valence-corrected chi connectivity index (χ1v) is 6.65. The highest BCUT2D eigenvalue weighted by atomic mass is 79.9. The summed E-state index contributed by atoms with van der Waals surface area (Å²) < 4.78 is 12.0. The molecule has 1 aromatic carbocycles. The van der Waals surface area contributed by atoms with Gasteiger partial charge in [0.05, 0.1) is 0 Å². The van der Waals surface area contributed by atoms with Gasteiger partial charge in [0, 0.05) is 15.4 Å². The van der Waals surface area contributed by atoms with Gasteiger partial charge in [0.15, 0.2) is 11.5 Å². The maximum absolute atomic E-state index is 12.3. The molecule has 3 rings (SSSR count). The van der Waals surface area contributed by atoms with Crippen molar-refractivity contribution in [2.45, 2.75) is 13.8 Å². The van der Waals surface area contributed by atoms with E-state index in [1.54, 1.807) is 19.1 Å². The summed E-state index contributed by atoms with van der Waals surface area (Å²) in [6, 6.07) is 9.10. The standard InChI is InChI=1S/C15H11BrO3/c1-8-3-5-13(18-8)14(17)15-9(2)11-7-10(16)4-6-12(11)19-15/h3-7H,1-2H3. The van der Waals surface area contributed by atoms with Gasteiger partial charge in [0.25, 0.3) is 5.78 Å². The highest BCUT2D eigenvalue weighted by molar-refractivity contribution is 9.10. The fraction of sp³-hybridized carbons (Fsp3) is 0.133. The van der Waals surface area contributed by atoms with Crippen molar-refractivity contribution < 1.29 is 13.6 Å². The van der Waals surface area contributed by atoms with Crippen molar-refractivity contribution in [2.24, 2.45) is 0 Å². The SMILES string of the molecule is Cc1ccc(C(=O)c2oc3ccc(Br)cc3c2C)o1. The Kier molecular flexibility index (Phi) is 2.82. The molecular weight excluding hydrogens is 308 g/mol. The van der Waals surface area contributed by atoms with Gasteiger partial charge in [-0.3, -0.25) is 4.79 Å². The van der Waals surface area contributed by atoms with E-state index in [4.69, 9.17) is 8.83 Å². The van der Waals surface area contributed by atoms with Gasteiger partial charge in [-0.2, -0.15) is 0 Å². The molecule has 3 aromatic rings. The molecule has 0 bridgehead atoms. The Bertz CT molecular complexity index is 780. The van der Waals surface area contributed by atoms with E-state index in [-0.39, 0.29) is 5.78 Å².